The minimum Gasteiger partial charge on any atom is -0.378 e. The van der Waals surface area contributed by atoms with Gasteiger partial charge in [0, 0.05) is 24.3 Å². The Labute approximate surface area is 162 Å². The summed E-state index contributed by atoms with van der Waals surface area (Å²) in [5.41, 5.74) is 5.02. The number of nitrogens with zero attached hydrogens (tertiary/aromatic N) is 2. The second kappa shape index (κ2) is 9.16. The van der Waals surface area contributed by atoms with Crippen molar-refractivity contribution in [3.63, 3.8) is 0 Å². The van der Waals surface area contributed by atoms with E-state index in [2.05, 4.69) is 29.2 Å². The normalized spacial score (nSPS) is 16.2. The fourth-order valence-corrected chi connectivity index (χ4v) is 3.47. The monoisotopic (exact) mass is 366 g/mol. The Hall–Kier alpha value is -2.17. The molecule has 1 fully saturated rings. The highest BCUT2D eigenvalue weighted by Crippen LogP contribution is 2.25. The molecular weight excluding hydrogens is 336 g/mol. The number of anilines is 1. The smallest absolute Gasteiger partial charge is 0.179 e. The van der Waals surface area contributed by atoms with Gasteiger partial charge in [-0.25, -0.2) is 0 Å². The van der Waals surface area contributed by atoms with Crippen LogP contribution in [0, 0.1) is 0 Å². The maximum atomic E-state index is 12.4. The van der Waals surface area contributed by atoms with Crippen LogP contribution in [0.1, 0.15) is 34.8 Å². The van der Waals surface area contributed by atoms with E-state index < -0.39 is 0 Å². The van der Waals surface area contributed by atoms with Gasteiger partial charge in [-0.2, -0.15) is 0 Å². The fraction of sp³-hybridized carbons (Fsp3) is 0.435. The van der Waals surface area contributed by atoms with E-state index in [0.29, 0.717) is 0 Å². The van der Waals surface area contributed by atoms with Crippen molar-refractivity contribution in [2.45, 2.75) is 25.8 Å². The molecule has 4 nitrogen and oxygen atoms in total. The zero-order valence-electron chi connectivity index (χ0n) is 16.6. The van der Waals surface area contributed by atoms with Gasteiger partial charge in [-0.15, -0.1) is 0 Å². The predicted octanol–water partition coefficient (Wildman–Crippen LogP) is 3.64. The highest BCUT2D eigenvalue weighted by atomic mass is 16.5. The number of rotatable bonds is 5. The Bertz CT molecular complexity index is 728. The van der Waals surface area contributed by atoms with Crippen LogP contribution < -0.4 is 4.90 Å². The maximum Gasteiger partial charge on any atom is 0.179 e. The summed E-state index contributed by atoms with van der Waals surface area (Å²) in [7, 11) is 3.91. The first-order valence-electron chi connectivity index (χ1n) is 9.80. The third-order valence-corrected chi connectivity index (χ3v) is 5.22. The minimum absolute atomic E-state index is 0.0377. The molecule has 1 unspecified atom stereocenters. The second-order valence-corrected chi connectivity index (χ2v) is 7.34. The zero-order valence-corrected chi connectivity index (χ0v) is 16.6. The van der Waals surface area contributed by atoms with E-state index in [1.54, 1.807) is 0 Å². The van der Waals surface area contributed by atoms with Gasteiger partial charge in [0.25, 0.3) is 0 Å². The van der Waals surface area contributed by atoms with Crippen LogP contribution in [-0.4, -0.2) is 57.1 Å². The molecule has 2 aliphatic rings. The lowest BCUT2D eigenvalue weighted by molar-refractivity contribution is 0.0871. The van der Waals surface area contributed by atoms with Crippen LogP contribution in [0.2, 0.25) is 0 Å². The minimum atomic E-state index is -0.0377. The van der Waals surface area contributed by atoms with Gasteiger partial charge >= 0.3 is 0 Å². The number of likely N-dealkylation sites (N-methyl/N-ethyl adjacent to an activating group) is 1. The topological polar surface area (TPSA) is 32.8 Å². The standard InChI is InChI=1S/C16H24N2O2.C7H6/c1-4-15(17(2)3)16(19)13-5-7-14(8-6-13)18-9-11-20-12-10-18;1-2-4-7-5-6(7)3-1/h5-8,15H,4,9-12H2,1-3H3;1-4H,5H2. The number of morpholine rings is 1. The van der Waals surface area contributed by atoms with E-state index in [-0.39, 0.29) is 11.8 Å². The van der Waals surface area contributed by atoms with Gasteiger partial charge in [0.05, 0.1) is 19.3 Å². The summed E-state index contributed by atoms with van der Waals surface area (Å²) in [5, 5.41) is 0. The number of hydrogen-bond acceptors (Lipinski definition) is 4. The zero-order chi connectivity index (χ0) is 19.2. The maximum absolute atomic E-state index is 12.4. The van der Waals surface area contributed by atoms with Crippen molar-refractivity contribution in [2.75, 3.05) is 45.3 Å². The molecule has 4 heteroatoms. The molecule has 0 N–H and O–H groups in total. The van der Waals surface area contributed by atoms with Crippen molar-refractivity contribution in [2.24, 2.45) is 0 Å². The molecule has 0 aromatic heterocycles. The first-order valence-corrected chi connectivity index (χ1v) is 9.80. The van der Waals surface area contributed by atoms with E-state index in [1.807, 2.05) is 50.2 Å². The van der Waals surface area contributed by atoms with Crippen molar-refractivity contribution >= 4 is 11.5 Å². The van der Waals surface area contributed by atoms with Gasteiger partial charge in [-0.05, 0) is 62.3 Å². The first-order chi connectivity index (χ1) is 13.1. The van der Waals surface area contributed by atoms with Crippen molar-refractivity contribution in [3.05, 3.63) is 65.2 Å². The molecule has 27 heavy (non-hydrogen) atoms. The van der Waals surface area contributed by atoms with Gasteiger partial charge in [-0.3, -0.25) is 9.69 Å². The number of ether oxygens (including phenoxy) is 1. The van der Waals surface area contributed by atoms with E-state index in [0.717, 1.165) is 38.3 Å². The Morgan fingerprint density at radius 3 is 2.11 bits per heavy atom. The van der Waals surface area contributed by atoms with Crippen LogP contribution >= 0.6 is 0 Å². The molecule has 0 spiro atoms. The molecule has 144 valence electrons. The number of benzene rings is 2. The van der Waals surface area contributed by atoms with Gasteiger partial charge in [0.15, 0.2) is 5.78 Å². The number of carbonyl (C=O) groups excluding carboxylic acids is 1. The predicted molar refractivity (Wildman–Crippen MR) is 111 cm³/mol. The van der Waals surface area contributed by atoms with Crippen LogP contribution in [-0.2, 0) is 11.2 Å². The lowest BCUT2D eigenvalue weighted by Gasteiger charge is -2.29. The van der Waals surface area contributed by atoms with Crippen molar-refractivity contribution in [1.82, 2.24) is 4.90 Å². The molecule has 1 aliphatic carbocycles. The third-order valence-electron chi connectivity index (χ3n) is 5.22. The molecule has 1 atom stereocenters. The highest BCUT2D eigenvalue weighted by Gasteiger charge is 2.20. The number of hydrogen-bond donors (Lipinski definition) is 0. The molecule has 1 heterocycles. The van der Waals surface area contributed by atoms with Gasteiger partial charge < -0.3 is 9.64 Å². The summed E-state index contributed by atoms with van der Waals surface area (Å²) in [4.78, 5) is 16.7. The van der Waals surface area contributed by atoms with Crippen molar-refractivity contribution in [3.8, 4) is 0 Å². The lowest BCUT2D eigenvalue weighted by Crippen LogP contribution is -2.36. The van der Waals surface area contributed by atoms with Crippen molar-refractivity contribution < 1.29 is 9.53 Å². The van der Waals surface area contributed by atoms with Gasteiger partial charge in [0.1, 0.15) is 0 Å². The summed E-state index contributed by atoms with van der Waals surface area (Å²) in [6, 6.07) is 16.5. The molecule has 0 bridgehead atoms. The summed E-state index contributed by atoms with van der Waals surface area (Å²) < 4.78 is 5.35. The Balaban J connectivity index is 0.000000246. The summed E-state index contributed by atoms with van der Waals surface area (Å²) in [5.74, 6) is 0.200. The van der Waals surface area contributed by atoms with Crippen LogP contribution in [0.3, 0.4) is 0 Å². The van der Waals surface area contributed by atoms with E-state index >= 15 is 0 Å². The molecule has 4 rings (SSSR count). The highest BCUT2D eigenvalue weighted by molar-refractivity contribution is 6.00. The van der Waals surface area contributed by atoms with E-state index in [1.165, 1.54) is 23.2 Å². The lowest BCUT2D eigenvalue weighted by atomic mass is 10.0. The Morgan fingerprint density at radius 2 is 1.63 bits per heavy atom. The molecule has 2 aromatic carbocycles. The molecule has 2 aromatic rings. The van der Waals surface area contributed by atoms with Crippen molar-refractivity contribution in [1.29, 1.82) is 0 Å². The molecule has 1 saturated heterocycles. The van der Waals surface area contributed by atoms with E-state index in [4.69, 9.17) is 4.74 Å². The molecular formula is C23H30N2O2. The largest absolute Gasteiger partial charge is 0.378 e. The third kappa shape index (κ3) is 5.18. The van der Waals surface area contributed by atoms with Crippen LogP contribution in [0.5, 0.6) is 0 Å². The van der Waals surface area contributed by atoms with Gasteiger partial charge in [0.2, 0.25) is 0 Å². The Morgan fingerprint density at radius 1 is 1.04 bits per heavy atom. The van der Waals surface area contributed by atoms with Crippen LogP contribution in [0.4, 0.5) is 5.69 Å². The van der Waals surface area contributed by atoms with Crippen LogP contribution in [0.25, 0.3) is 0 Å². The van der Waals surface area contributed by atoms with Crippen LogP contribution in [0.15, 0.2) is 48.5 Å². The second-order valence-electron chi connectivity index (χ2n) is 7.34. The summed E-state index contributed by atoms with van der Waals surface area (Å²) >= 11 is 0. The number of ketones is 1. The average molecular weight is 367 g/mol. The molecule has 1 aliphatic heterocycles. The fourth-order valence-electron chi connectivity index (χ4n) is 3.47. The number of carbonyl (C=O) groups is 1. The van der Waals surface area contributed by atoms with Gasteiger partial charge in [-0.1, -0.05) is 31.2 Å². The molecule has 0 amide bonds. The number of Topliss-reactive ketones (excluding diaryl/α,β-unsaturated/α-hetero) is 1. The van der Waals surface area contributed by atoms with E-state index in [9.17, 15) is 4.79 Å². The first kappa shape index (κ1) is 19.6. The Kier molecular flexibility index (Phi) is 6.64. The average Bonchev–Trinajstić information content (AvgIpc) is 3.49. The SMILES string of the molecule is CCC(C(=O)c1ccc(N2CCOCC2)cc1)N(C)C.c1ccc2c(c1)C2. The summed E-state index contributed by atoms with van der Waals surface area (Å²) in [6.45, 7) is 5.44. The quantitative estimate of drug-likeness (QED) is 0.646. The molecule has 0 saturated carbocycles. The summed E-state index contributed by atoms with van der Waals surface area (Å²) in [6.07, 6.45) is 2.07. The molecule has 0 radical (unpaired) electrons. The number of fused-ring (bicyclic) bond motifs is 1.